The average molecular weight is 486 g/mol. The maximum absolute atomic E-state index is 13.2. The Morgan fingerprint density at radius 3 is 2.59 bits per heavy atom. The minimum absolute atomic E-state index is 0.167. The fourth-order valence-electron chi connectivity index (χ4n) is 3.14. The third-order valence-corrected chi connectivity index (χ3v) is 7.89. The summed E-state index contributed by atoms with van der Waals surface area (Å²) in [6.45, 7) is 2.08. The van der Waals surface area contributed by atoms with E-state index in [1.165, 1.54) is 16.2 Å². The van der Waals surface area contributed by atoms with E-state index in [9.17, 15) is 13.2 Å². The molecule has 0 saturated carbocycles. The highest BCUT2D eigenvalue weighted by molar-refractivity contribution is 7.91. The molecule has 0 atom stereocenters. The summed E-state index contributed by atoms with van der Waals surface area (Å²) in [5.41, 5.74) is 2.37. The van der Waals surface area contributed by atoms with E-state index in [0.717, 1.165) is 15.8 Å². The number of nitrogens with zero attached hydrogens (tertiary/aromatic N) is 3. The zero-order valence-electron chi connectivity index (χ0n) is 17.2. The normalized spacial score (nSPS) is 11.6. The molecule has 1 amide bonds. The van der Waals surface area contributed by atoms with Gasteiger partial charge in [0.2, 0.25) is 5.91 Å². The van der Waals surface area contributed by atoms with Gasteiger partial charge in [0.05, 0.1) is 33.1 Å². The molecule has 0 N–H and O–H groups in total. The van der Waals surface area contributed by atoms with Crippen molar-refractivity contribution in [2.75, 3.05) is 10.7 Å². The summed E-state index contributed by atoms with van der Waals surface area (Å²) < 4.78 is 26.3. The number of thiazole rings is 1. The predicted octanol–water partition coefficient (Wildman–Crippen LogP) is 5.05. The lowest BCUT2D eigenvalue weighted by molar-refractivity contribution is -0.118. The second-order valence-corrected chi connectivity index (χ2v) is 10.8. The predicted molar refractivity (Wildman–Crippen MR) is 128 cm³/mol. The highest BCUT2D eigenvalue weighted by Crippen LogP contribution is 2.32. The van der Waals surface area contributed by atoms with Crippen LogP contribution in [0.5, 0.6) is 0 Å². The molecule has 0 unspecified atom stereocenters. The monoisotopic (exact) mass is 485 g/mol. The van der Waals surface area contributed by atoms with Gasteiger partial charge in [0.25, 0.3) is 0 Å². The molecule has 4 rings (SSSR count). The highest BCUT2D eigenvalue weighted by atomic mass is 35.5. The fourth-order valence-corrected chi connectivity index (χ4v) is 5.63. The van der Waals surface area contributed by atoms with Gasteiger partial charge in [-0.05, 0) is 49.4 Å². The van der Waals surface area contributed by atoms with Crippen LogP contribution in [0.1, 0.15) is 17.7 Å². The van der Waals surface area contributed by atoms with Gasteiger partial charge >= 0.3 is 0 Å². The number of hydrogen-bond acceptors (Lipinski definition) is 6. The molecule has 32 heavy (non-hydrogen) atoms. The first-order valence-corrected chi connectivity index (χ1v) is 12.7. The van der Waals surface area contributed by atoms with Crippen LogP contribution in [0.3, 0.4) is 0 Å². The molecule has 0 spiro atoms. The molecule has 6 nitrogen and oxygen atoms in total. The van der Waals surface area contributed by atoms with Crippen molar-refractivity contribution in [2.24, 2.45) is 0 Å². The van der Waals surface area contributed by atoms with Crippen LogP contribution in [-0.4, -0.2) is 30.0 Å². The lowest BCUT2D eigenvalue weighted by Crippen LogP contribution is -2.32. The maximum Gasteiger partial charge on any atom is 0.230 e. The van der Waals surface area contributed by atoms with E-state index in [0.29, 0.717) is 15.8 Å². The zero-order valence-corrected chi connectivity index (χ0v) is 19.6. The molecule has 9 heteroatoms. The van der Waals surface area contributed by atoms with Crippen molar-refractivity contribution < 1.29 is 13.2 Å². The number of halogens is 1. The number of anilines is 1. The minimum Gasteiger partial charge on any atom is -0.282 e. The molecule has 0 aliphatic rings. The topological polar surface area (TPSA) is 80.2 Å². The number of amides is 1. The number of aryl methyl sites for hydroxylation is 1. The smallest absolute Gasteiger partial charge is 0.230 e. The molecule has 2 aromatic carbocycles. The standard InChI is InChI=1S/C23H20ClN3O3S2/c1-16-5-8-19(9-6-16)32(29,30)13-11-22(28)27(15-18-4-2-3-12-25-18)23-26-20-10-7-17(24)14-21(20)31-23/h2-10,12,14H,11,13,15H2,1H3. The van der Waals surface area contributed by atoms with Crippen molar-refractivity contribution >= 4 is 54.0 Å². The van der Waals surface area contributed by atoms with E-state index in [4.69, 9.17) is 11.6 Å². The molecule has 164 valence electrons. The van der Waals surface area contributed by atoms with E-state index in [1.54, 1.807) is 54.7 Å². The number of benzene rings is 2. The minimum atomic E-state index is -3.59. The first-order chi connectivity index (χ1) is 15.3. The van der Waals surface area contributed by atoms with Crippen molar-refractivity contribution in [1.29, 1.82) is 0 Å². The van der Waals surface area contributed by atoms with Crippen molar-refractivity contribution in [1.82, 2.24) is 9.97 Å². The Kier molecular flexibility index (Phi) is 6.55. The summed E-state index contributed by atoms with van der Waals surface area (Å²) in [5, 5.41) is 1.06. The molecule has 0 saturated heterocycles. The molecule has 2 heterocycles. The van der Waals surface area contributed by atoms with E-state index in [1.807, 2.05) is 19.1 Å². The molecule has 0 aliphatic carbocycles. The van der Waals surface area contributed by atoms with Crippen molar-refractivity contribution in [3.63, 3.8) is 0 Å². The summed E-state index contributed by atoms with van der Waals surface area (Å²) in [5.74, 6) is -0.624. The number of rotatable bonds is 7. The third-order valence-electron chi connectivity index (χ3n) is 4.88. The first-order valence-electron chi connectivity index (χ1n) is 9.88. The molecule has 0 bridgehead atoms. The van der Waals surface area contributed by atoms with E-state index in [2.05, 4.69) is 9.97 Å². The van der Waals surface area contributed by atoms with Crippen molar-refractivity contribution in [3.05, 3.63) is 83.1 Å². The lowest BCUT2D eigenvalue weighted by Gasteiger charge is -2.19. The Balaban J connectivity index is 1.60. The van der Waals surface area contributed by atoms with Crippen LogP contribution in [-0.2, 0) is 21.2 Å². The number of aromatic nitrogens is 2. The SMILES string of the molecule is Cc1ccc(S(=O)(=O)CCC(=O)N(Cc2ccccn2)c2nc3ccc(Cl)cc3s2)cc1. The Bertz CT molecular complexity index is 1350. The highest BCUT2D eigenvalue weighted by Gasteiger charge is 2.24. The Hall–Kier alpha value is -2.81. The summed E-state index contributed by atoms with van der Waals surface area (Å²) in [6, 6.07) is 17.4. The van der Waals surface area contributed by atoms with E-state index < -0.39 is 9.84 Å². The maximum atomic E-state index is 13.2. The van der Waals surface area contributed by atoms with Crippen LogP contribution in [0.2, 0.25) is 5.02 Å². The summed E-state index contributed by atoms with van der Waals surface area (Å²) in [7, 11) is -3.59. The molecular formula is C23H20ClN3O3S2. The van der Waals surface area contributed by atoms with Crippen molar-refractivity contribution in [3.8, 4) is 0 Å². The van der Waals surface area contributed by atoms with Gasteiger partial charge in [0.15, 0.2) is 15.0 Å². The molecule has 0 fully saturated rings. The van der Waals surface area contributed by atoms with Crippen LogP contribution in [0.15, 0.2) is 71.8 Å². The largest absolute Gasteiger partial charge is 0.282 e. The third kappa shape index (κ3) is 5.15. The van der Waals surface area contributed by atoms with Gasteiger partial charge in [-0.3, -0.25) is 14.7 Å². The van der Waals surface area contributed by atoms with E-state index >= 15 is 0 Å². The number of carbonyl (C=O) groups excluding carboxylic acids is 1. The van der Waals surface area contributed by atoms with Crippen LogP contribution < -0.4 is 4.90 Å². The summed E-state index contributed by atoms with van der Waals surface area (Å²) in [6.07, 6.45) is 1.48. The Morgan fingerprint density at radius 1 is 1.09 bits per heavy atom. The van der Waals surface area contributed by atoms with Crippen LogP contribution in [0, 0.1) is 6.92 Å². The van der Waals surface area contributed by atoms with Gasteiger partial charge in [0.1, 0.15) is 0 Å². The number of sulfone groups is 1. The second-order valence-electron chi connectivity index (χ2n) is 7.29. The molecule has 0 aliphatic heterocycles. The number of carbonyl (C=O) groups is 1. The van der Waals surface area contributed by atoms with Gasteiger partial charge in [-0.25, -0.2) is 13.4 Å². The van der Waals surface area contributed by atoms with Gasteiger partial charge in [0, 0.05) is 17.6 Å². The van der Waals surface area contributed by atoms with Gasteiger partial charge in [-0.1, -0.05) is 46.7 Å². The summed E-state index contributed by atoms with van der Waals surface area (Å²) >= 11 is 7.42. The Labute approximate surface area is 195 Å². The van der Waals surface area contributed by atoms with E-state index in [-0.39, 0.29) is 29.5 Å². The van der Waals surface area contributed by atoms with Crippen molar-refractivity contribution in [2.45, 2.75) is 24.8 Å². The average Bonchev–Trinajstić information content (AvgIpc) is 3.19. The number of fused-ring (bicyclic) bond motifs is 1. The quantitative estimate of drug-likeness (QED) is 0.366. The zero-order chi connectivity index (χ0) is 22.7. The van der Waals surface area contributed by atoms with Crippen LogP contribution in [0.4, 0.5) is 5.13 Å². The molecule has 4 aromatic rings. The molecule has 2 aromatic heterocycles. The van der Waals surface area contributed by atoms with Gasteiger partial charge < -0.3 is 0 Å². The van der Waals surface area contributed by atoms with Gasteiger partial charge in [-0.2, -0.15) is 0 Å². The van der Waals surface area contributed by atoms with Crippen LogP contribution in [0.25, 0.3) is 10.2 Å². The molecule has 0 radical (unpaired) electrons. The molecular weight excluding hydrogens is 466 g/mol. The second kappa shape index (κ2) is 9.36. The first kappa shape index (κ1) is 22.4. The summed E-state index contributed by atoms with van der Waals surface area (Å²) in [4.78, 5) is 23.8. The fraction of sp³-hybridized carbons (Fsp3) is 0.174. The van der Waals surface area contributed by atoms with Gasteiger partial charge in [-0.15, -0.1) is 0 Å². The lowest BCUT2D eigenvalue weighted by atomic mass is 10.2. The number of pyridine rings is 1. The Morgan fingerprint density at radius 2 is 1.88 bits per heavy atom. The number of hydrogen-bond donors (Lipinski definition) is 0. The van der Waals surface area contributed by atoms with Crippen LogP contribution >= 0.6 is 22.9 Å².